The first-order chi connectivity index (χ1) is 14.5. The maximum atomic E-state index is 11.9. The lowest BCUT2D eigenvalue weighted by Crippen LogP contribution is -2.51. The van der Waals surface area contributed by atoms with Gasteiger partial charge in [0.1, 0.15) is 4.91 Å². The van der Waals surface area contributed by atoms with Gasteiger partial charge in [0, 0.05) is 5.70 Å². The Morgan fingerprint density at radius 2 is 1.84 bits per heavy atom. The summed E-state index contributed by atoms with van der Waals surface area (Å²) in [6, 6.07) is 8.43. The van der Waals surface area contributed by atoms with E-state index in [9.17, 15) is 9.90 Å². The van der Waals surface area contributed by atoms with Gasteiger partial charge in [-0.25, -0.2) is 4.79 Å². The number of nitrogens with two attached hydrogens (primary N) is 1. The quantitative estimate of drug-likeness (QED) is 0.441. The Hall–Kier alpha value is -1.98. The van der Waals surface area contributed by atoms with Crippen molar-refractivity contribution in [3.63, 3.8) is 0 Å². The van der Waals surface area contributed by atoms with Crippen molar-refractivity contribution < 1.29 is 9.90 Å². The predicted octanol–water partition coefficient (Wildman–Crippen LogP) is 6.27. The standard InChI is InChI=1S/C26H38N2O2S/c1-8-18(5)10-11-19(6)26(7,27)24(21-14-12-20(9-2)13-15-21)28-16-31-23(25(29)30)22(28)17(3)4/h10-15,17,24H,8-9,16,27H2,1-7H3,(H,29,30)/b18-10+,19-11+. The zero-order chi connectivity index (χ0) is 23.3. The highest BCUT2D eigenvalue weighted by molar-refractivity contribution is 8.04. The number of carbonyl (C=O) groups is 1. The van der Waals surface area contributed by atoms with Gasteiger partial charge in [-0.1, -0.05) is 87.0 Å². The van der Waals surface area contributed by atoms with Crippen LogP contribution in [0.2, 0.25) is 0 Å². The number of hydrogen-bond donors (Lipinski definition) is 2. The molecule has 1 aliphatic heterocycles. The fourth-order valence-electron chi connectivity index (χ4n) is 3.95. The lowest BCUT2D eigenvalue weighted by molar-refractivity contribution is -0.131. The lowest BCUT2D eigenvalue weighted by Gasteiger charge is -2.44. The maximum absolute atomic E-state index is 11.9. The van der Waals surface area contributed by atoms with Crippen LogP contribution in [0.3, 0.4) is 0 Å². The van der Waals surface area contributed by atoms with Crippen LogP contribution in [0.15, 0.2) is 58.2 Å². The van der Waals surface area contributed by atoms with Gasteiger partial charge < -0.3 is 15.7 Å². The van der Waals surface area contributed by atoms with Crippen LogP contribution in [0.5, 0.6) is 0 Å². The molecule has 1 heterocycles. The van der Waals surface area contributed by atoms with E-state index in [1.807, 2.05) is 0 Å². The van der Waals surface area contributed by atoms with Gasteiger partial charge in [0.2, 0.25) is 0 Å². The average Bonchev–Trinajstić information content (AvgIpc) is 3.17. The minimum Gasteiger partial charge on any atom is -0.477 e. The molecule has 0 radical (unpaired) electrons. The molecule has 4 nitrogen and oxygen atoms in total. The summed E-state index contributed by atoms with van der Waals surface area (Å²) in [4.78, 5) is 14.6. The van der Waals surface area contributed by atoms with Crippen molar-refractivity contribution in [1.82, 2.24) is 4.90 Å². The first kappa shape index (κ1) is 25.3. The zero-order valence-electron chi connectivity index (χ0n) is 20.0. The Morgan fingerprint density at radius 1 is 1.23 bits per heavy atom. The van der Waals surface area contributed by atoms with Crippen molar-refractivity contribution in [2.75, 3.05) is 5.88 Å². The monoisotopic (exact) mass is 442 g/mol. The summed E-state index contributed by atoms with van der Waals surface area (Å²) in [5, 5.41) is 9.80. The minimum atomic E-state index is -0.858. The molecule has 2 unspecified atom stereocenters. The maximum Gasteiger partial charge on any atom is 0.344 e. The van der Waals surface area contributed by atoms with Crippen molar-refractivity contribution in [1.29, 1.82) is 0 Å². The van der Waals surface area contributed by atoms with E-state index in [-0.39, 0.29) is 12.0 Å². The molecule has 0 aromatic heterocycles. The molecule has 170 valence electrons. The second-order valence-corrected chi connectivity index (χ2v) is 9.87. The molecular formula is C26H38N2O2S. The molecule has 0 aliphatic carbocycles. The predicted molar refractivity (Wildman–Crippen MR) is 133 cm³/mol. The van der Waals surface area contributed by atoms with E-state index in [0.717, 1.165) is 29.7 Å². The number of benzene rings is 1. The fraction of sp³-hybridized carbons (Fsp3) is 0.500. The van der Waals surface area contributed by atoms with Crippen LogP contribution in [0.1, 0.15) is 72.1 Å². The zero-order valence-corrected chi connectivity index (χ0v) is 20.8. The van der Waals surface area contributed by atoms with E-state index in [0.29, 0.717) is 10.8 Å². The molecule has 0 spiro atoms. The van der Waals surface area contributed by atoms with Gasteiger partial charge in [-0.2, -0.15) is 0 Å². The lowest BCUT2D eigenvalue weighted by atomic mass is 9.80. The average molecular weight is 443 g/mol. The molecule has 5 heteroatoms. The molecule has 0 bridgehead atoms. The Bertz CT molecular complexity index is 879. The normalized spacial score (nSPS) is 18.5. The molecule has 0 saturated heterocycles. The molecule has 31 heavy (non-hydrogen) atoms. The van der Waals surface area contributed by atoms with Gasteiger partial charge in [0.05, 0.1) is 17.5 Å². The number of thioether (sulfide) groups is 1. The van der Waals surface area contributed by atoms with Crippen LogP contribution in [0.25, 0.3) is 0 Å². The van der Waals surface area contributed by atoms with Crippen molar-refractivity contribution in [2.45, 2.75) is 72.9 Å². The fourth-order valence-corrected chi connectivity index (χ4v) is 5.13. The van der Waals surface area contributed by atoms with E-state index >= 15 is 0 Å². The summed E-state index contributed by atoms with van der Waals surface area (Å²) in [5.41, 5.74) is 12.0. The van der Waals surface area contributed by atoms with Crippen LogP contribution in [0.4, 0.5) is 0 Å². The number of carboxylic acid groups (broad SMARTS) is 1. The van der Waals surface area contributed by atoms with E-state index in [2.05, 4.69) is 89.8 Å². The molecule has 0 fully saturated rings. The first-order valence-corrected chi connectivity index (χ1v) is 12.1. The third-order valence-electron chi connectivity index (χ3n) is 6.24. The van der Waals surface area contributed by atoms with Gasteiger partial charge in [-0.3, -0.25) is 0 Å². The largest absolute Gasteiger partial charge is 0.477 e. The Kier molecular flexibility index (Phi) is 8.61. The van der Waals surface area contributed by atoms with Crippen molar-refractivity contribution in [3.8, 4) is 0 Å². The summed E-state index contributed by atoms with van der Waals surface area (Å²) in [7, 11) is 0. The summed E-state index contributed by atoms with van der Waals surface area (Å²) >= 11 is 1.39. The highest BCUT2D eigenvalue weighted by atomic mass is 32.2. The topological polar surface area (TPSA) is 66.6 Å². The smallest absolute Gasteiger partial charge is 0.344 e. The summed E-state index contributed by atoms with van der Waals surface area (Å²) in [5.74, 6) is -0.191. The number of rotatable bonds is 9. The van der Waals surface area contributed by atoms with Crippen LogP contribution in [-0.4, -0.2) is 27.4 Å². The molecule has 0 saturated carbocycles. The molecule has 0 amide bonds. The second kappa shape index (κ2) is 10.6. The highest BCUT2D eigenvalue weighted by Crippen LogP contribution is 2.46. The van der Waals surface area contributed by atoms with Gasteiger partial charge >= 0.3 is 5.97 Å². The van der Waals surface area contributed by atoms with E-state index in [4.69, 9.17) is 5.73 Å². The number of aryl methyl sites for hydroxylation is 1. The molecule has 2 rings (SSSR count). The number of aliphatic carboxylic acids is 1. The van der Waals surface area contributed by atoms with Crippen molar-refractivity contribution >= 4 is 17.7 Å². The summed E-state index contributed by atoms with van der Waals surface area (Å²) < 4.78 is 0. The highest BCUT2D eigenvalue weighted by Gasteiger charge is 2.42. The second-order valence-electron chi connectivity index (χ2n) is 8.91. The molecule has 3 N–H and O–H groups in total. The van der Waals surface area contributed by atoms with E-state index in [1.54, 1.807) is 0 Å². The minimum absolute atomic E-state index is 0.0841. The molecular weight excluding hydrogens is 404 g/mol. The Morgan fingerprint density at radius 3 is 2.32 bits per heavy atom. The summed E-state index contributed by atoms with van der Waals surface area (Å²) in [6.07, 6.45) is 6.23. The first-order valence-electron chi connectivity index (χ1n) is 11.1. The van der Waals surface area contributed by atoms with E-state index < -0.39 is 11.5 Å². The number of carboxylic acids is 1. The molecule has 1 aromatic rings. The van der Waals surface area contributed by atoms with Crippen LogP contribution in [0, 0.1) is 5.92 Å². The van der Waals surface area contributed by atoms with Crippen LogP contribution < -0.4 is 5.73 Å². The number of allylic oxidation sites excluding steroid dienone is 4. The third kappa shape index (κ3) is 5.64. The molecule has 1 aliphatic rings. The van der Waals surface area contributed by atoms with Gasteiger partial charge in [-0.15, -0.1) is 0 Å². The van der Waals surface area contributed by atoms with Gasteiger partial charge in [-0.05, 0) is 50.7 Å². The summed E-state index contributed by atoms with van der Waals surface area (Å²) in [6.45, 7) is 14.7. The van der Waals surface area contributed by atoms with Crippen LogP contribution >= 0.6 is 11.8 Å². The van der Waals surface area contributed by atoms with E-state index in [1.165, 1.54) is 22.9 Å². The van der Waals surface area contributed by atoms with Gasteiger partial charge in [0.25, 0.3) is 0 Å². The SMILES string of the molecule is CC/C(C)=C/C=C(\C)C(C)(N)C(c1ccc(CC)cc1)N1CSC(C(=O)O)=C1C(C)C. The molecule has 1 aromatic carbocycles. The Balaban J connectivity index is 2.65. The van der Waals surface area contributed by atoms with Crippen molar-refractivity contribution in [3.05, 3.63) is 69.3 Å². The molecule has 2 atom stereocenters. The number of hydrogen-bond acceptors (Lipinski definition) is 4. The third-order valence-corrected chi connectivity index (χ3v) is 7.32. The Labute approximate surface area is 192 Å². The van der Waals surface area contributed by atoms with Gasteiger partial charge in [0.15, 0.2) is 0 Å². The van der Waals surface area contributed by atoms with Crippen molar-refractivity contribution in [2.24, 2.45) is 11.7 Å². The van der Waals surface area contributed by atoms with Crippen LogP contribution in [-0.2, 0) is 11.2 Å². The number of nitrogens with zero attached hydrogens (tertiary/aromatic N) is 1.